The molecule has 0 aromatic heterocycles. The number of hydrogen-bond donors (Lipinski definition) is 2. The van der Waals surface area contributed by atoms with E-state index in [1.54, 1.807) is 14.0 Å². The number of hydrogen-bond acceptors (Lipinski definition) is 3. The molecule has 1 aromatic rings. The van der Waals surface area contributed by atoms with Crippen LogP contribution in [0.15, 0.2) is 24.3 Å². The molecule has 0 radical (unpaired) electrons. The van der Waals surface area contributed by atoms with Gasteiger partial charge in [-0.25, -0.2) is 0 Å². The lowest BCUT2D eigenvalue weighted by Crippen LogP contribution is -2.31. The molecule has 0 amide bonds. The van der Waals surface area contributed by atoms with Crippen molar-refractivity contribution < 1.29 is 14.9 Å². The zero-order chi connectivity index (χ0) is 10.6. The number of aliphatic hydroxyl groups is 2. The molecule has 0 aliphatic carbocycles. The Morgan fingerprint density at radius 1 is 1.36 bits per heavy atom. The van der Waals surface area contributed by atoms with Crippen LogP contribution in [-0.4, -0.2) is 29.5 Å². The SMILES string of the molecule is COc1ccccc1CC(C)(O)CO. The first-order valence-corrected chi connectivity index (χ1v) is 4.54. The highest BCUT2D eigenvalue weighted by Crippen LogP contribution is 2.22. The van der Waals surface area contributed by atoms with Gasteiger partial charge in [-0.3, -0.25) is 0 Å². The van der Waals surface area contributed by atoms with Gasteiger partial charge < -0.3 is 14.9 Å². The fourth-order valence-electron chi connectivity index (χ4n) is 1.32. The fourth-order valence-corrected chi connectivity index (χ4v) is 1.32. The highest BCUT2D eigenvalue weighted by molar-refractivity contribution is 5.34. The van der Waals surface area contributed by atoms with Gasteiger partial charge in [0.25, 0.3) is 0 Å². The lowest BCUT2D eigenvalue weighted by Gasteiger charge is -2.21. The van der Waals surface area contributed by atoms with Crippen molar-refractivity contribution in [2.75, 3.05) is 13.7 Å². The summed E-state index contributed by atoms with van der Waals surface area (Å²) in [4.78, 5) is 0. The molecular weight excluding hydrogens is 180 g/mol. The van der Waals surface area contributed by atoms with Crippen molar-refractivity contribution >= 4 is 0 Å². The highest BCUT2D eigenvalue weighted by atomic mass is 16.5. The molecule has 0 aliphatic heterocycles. The van der Waals surface area contributed by atoms with Crippen molar-refractivity contribution in [3.05, 3.63) is 29.8 Å². The van der Waals surface area contributed by atoms with E-state index in [9.17, 15) is 5.11 Å². The van der Waals surface area contributed by atoms with Gasteiger partial charge in [0.15, 0.2) is 0 Å². The summed E-state index contributed by atoms with van der Waals surface area (Å²) in [6.07, 6.45) is 0.382. The predicted octanol–water partition coefficient (Wildman–Crippen LogP) is 0.981. The van der Waals surface area contributed by atoms with Crippen LogP contribution in [0.5, 0.6) is 5.75 Å². The van der Waals surface area contributed by atoms with Gasteiger partial charge in [-0.2, -0.15) is 0 Å². The van der Waals surface area contributed by atoms with Gasteiger partial charge in [0.05, 0.1) is 19.3 Å². The molecule has 1 rings (SSSR count). The van der Waals surface area contributed by atoms with Crippen LogP contribution in [0, 0.1) is 0 Å². The van der Waals surface area contributed by atoms with Gasteiger partial charge in [0, 0.05) is 6.42 Å². The summed E-state index contributed by atoms with van der Waals surface area (Å²) >= 11 is 0. The van der Waals surface area contributed by atoms with E-state index in [0.717, 1.165) is 11.3 Å². The third-order valence-electron chi connectivity index (χ3n) is 2.10. The maximum absolute atomic E-state index is 9.69. The second kappa shape index (κ2) is 4.44. The summed E-state index contributed by atoms with van der Waals surface area (Å²) in [6.45, 7) is 1.34. The van der Waals surface area contributed by atoms with Crippen LogP contribution >= 0.6 is 0 Å². The molecule has 0 aliphatic rings. The van der Waals surface area contributed by atoms with Crippen LogP contribution in [-0.2, 0) is 6.42 Å². The lowest BCUT2D eigenvalue weighted by molar-refractivity contribution is 0.00193. The Balaban J connectivity index is 2.85. The van der Waals surface area contributed by atoms with Crippen molar-refractivity contribution in [3.63, 3.8) is 0 Å². The van der Waals surface area contributed by atoms with Crippen LogP contribution in [0.2, 0.25) is 0 Å². The molecule has 3 heteroatoms. The van der Waals surface area contributed by atoms with Gasteiger partial charge in [-0.05, 0) is 18.6 Å². The lowest BCUT2D eigenvalue weighted by atomic mass is 9.97. The van der Waals surface area contributed by atoms with Crippen molar-refractivity contribution in [2.24, 2.45) is 0 Å². The van der Waals surface area contributed by atoms with Gasteiger partial charge in [0.1, 0.15) is 5.75 Å². The predicted molar refractivity (Wildman–Crippen MR) is 54.4 cm³/mol. The fraction of sp³-hybridized carbons (Fsp3) is 0.455. The van der Waals surface area contributed by atoms with E-state index in [1.807, 2.05) is 24.3 Å². The Bertz CT molecular complexity index is 294. The van der Waals surface area contributed by atoms with Gasteiger partial charge >= 0.3 is 0 Å². The van der Waals surface area contributed by atoms with E-state index < -0.39 is 5.60 Å². The van der Waals surface area contributed by atoms with Crippen LogP contribution in [0.25, 0.3) is 0 Å². The molecule has 14 heavy (non-hydrogen) atoms. The van der Waals surface area contributed by atoms with Crippen LogP contribution in [0.4, 0.5) is 0 Å². The molecular formula is C11H16O3. The minimum absolute atomic E-state index is 0.259. The minimum atomic E-state index is -1.09. The molecule has 0 heterocycles. The molecule has 2 N–H and O–H groups in total. The van der Waals surface area contributed by atoms with E-state index in [2.05, 4.69) is 0 Å². The normalized spacial score (nSPS) is 14.9. The van der Waals surface area contributed by atoms with Crippen LogP contribution in [0.1, 0.15) is 12.5 Å². The molecule has 78 valence electrons. The Morgan fingerprint density at radius 2 is 2.00 bits per heavy atom. The largest absolute Gasteiger partial charge is 0.496 e. The molecule has 0 saturated heterocycles. The summed E-state index contributed by atoms with van der Waals surface area (Å²) < 4.78 is 5.14. The first kappa shape index (κ1) is 11.0. The van der Waals surface area contributed by atoms with E-state index in [1.165, 1.54) is 0 Å². The molecule has 0 bridgehead atoms. The third-order valence-corrected chi connectivity index (χ3v) is 2.10. The van der Waals surface area contributed by atoms with E-state index in [4.69, 9.17) is 9.84 Å². The first-order chi connectivity index (χ1) is 6.59. The second-order valence-corrected chi connectivity index (χ2v) is 3.64. The van der Waals surface area contributed by atoms with E-state index in [0.29, 0.717) is 6.42 Å². The van der Waals surface area contributed by atoms with Gasteiger partial charge in [-0.1, -0.05) is 18.2 Å². The molecule has 1 aromatic carbocycles. The van der Waals surface area contributed by atoms with Crippen molar-refractivity contribution in [3.8, 4) is 5.75 Å². The molecule has 1 unspecified atom stereocenters. The Morgan fingerprint density at radius 3 is 2.57 bits per heavy atom. The zero-order valence-electron chi connectivity index (χ0n) is 8.53. The average molecular weight is 196 g/mol. The highest BCUT2D eigenvalue weighted by Gasteiger charge is 2.21. The van der Waals surface area contributed by atoms with Crippen molar-refractivity contribution in [1.82, 2.24) is 0 Å². The second-order valence-electron chi connectivity index (χ2n) is 3.64. The number of methoxy groups -OCH3 is 1. The Hall–Kier alpha value is -1.06. The topological polar surface area (TPSA) is 49.7 Å². The number of aliphatic hydroxyl groups excluding tert-OH is 1. The van der Waals surface area contributed by atoms with E-state index in [-0.39, 0.29) is 6.61 Å². The summed E-state index contributed by atoms with van der Waals surface area (Å²) in [5.74, 6) is 0.737. The summed E-state index contributed by atoms with van der Waals surface area (Å²) in [5, 5.41) is 18.6. The molecule has 1 atom stereocenters. The van der Waals surface area contributed by atoms with Crippen molar-refractivity contribution in [1.29, 1.82) is 0 Å². The minimum Gasteiger partial charge on any atom is -0.496 e. The molecule has 0 saturated carbocycles. The standard InChI is InChI=1S/C11H16O3/c1-11(13,8-12)7-9-5-3-4-6-10(9)14-2/h3-6,12-13H,7-8H2,1-2H3. The van der Waals surface area contributed by atoms with Gasteiger partial charge in [-0.15, -0.1) is 0 Å². The third kappa shape index (κ3) is 2.72. The average Bonchev–Trinajstić information content (AvgIpc) is 2.18. The van der Waals surface area contributed by atoms with Crippen molar-refractivity contribution in [2.45, 2.75) is 18.9 Å². The summed E-state index contributed by atoms with van der Waals surface area (Å²) in [6, 6.07) is 7.47. The first-order valence-electron chi connectivity index (χ1n) is 4.54. The maximum atomic E-state index is 9.69. The maximum Gasteiger partial charge on any atom is 0.122 e. The number of benzene rings is 1. The number of ether oxygens (including phenoxy) is 1. The Kier molecular flexibility index (Phi) is 3.49. The molecule has 3 nitrogen and oxygen atoms in total. The molecule has 0 fully saturated rings. The van der Waals surface area contributed by atoms with Crippen LogP contribution < -0.4 is 4.74 Å². The zero-order valence-corrected chi connectivity index (χ0v) is 8.53. The monoisotopic (exact) mass is 196 g/mol. The van der Waals surface area contributed by atoms with E-state index >= 15 is 0 Å². The number of para-hydroxylation sites is 1. The van der Waals surface area contributed by atoms with Gasteiger partial charge in [0.2, 0.25) is 0 Å². The van der Waals surface area contributed by atoms with Crippen LogP contribution in [0.3, 0.4) is 0 Å². The summed E-state index contributed by atoms with van der Waals surface area (Å²) in [5.41, 5.74) is -0.191. The Labute approximate surface area is 84.0 Å². The quantitative estimate of drug-likeness (QED) is 0.754. The number of rotatable bonds is 4. The smallest absolute Gasteiger partial charge is 0.122 e. The summed E-state index contributed by atoms with van der Waals surface area (Å²) in [7, 11) is 1.59. The molecule has 0 spiro atoms.